The third kappa shape index (κ3) is 2.79. The maximum absolute atomic E-state index is 10.3. The van der Waals surface area contributed by atoms with Gasteiger partial charge < -0.3 is 15.6 Å². The Hall–Kier alpha value is -0.610. The van der Waals surface area contributed by atoms with Gasteiger partial charge in [-0.15, -0.1) is 0 Å². The van der Waals surface area contributed by atoms with Crippen molar-refractivity contribution in [2.24, 2.45) is 5.73 Å². The van der Waals surface area contributed by atoms with E-state index in [0.717, 1.165) is 12.8 Å². The van der Waals surface area contributed by atoms with Gasteiger partial charge >= 0.3 is 5.97 Å². The van der Waals surface area contributed by atoms with Gasteiger partial charge in [-0.2, -0.15) is 0 Å². The SMILES string of the molecule is NC1(CCC(=O)O)CCOCC1. The number of carbonyl (C=O) groups is 1. The second kappa shape index (κ2) is 3.87. The van der Waals surface area contributed by atoms with E-state index in [-0.39, 0.29) is 12.0 Å². The number of aliphatic carboxylic acids is 1. The van der Waals surface area contributed by atoms with Crippen molar-refractivity contribution in [3.8, 4) is 0 Å². The van der Waals surface area contributed by atoms with Crippen LogP contribution >= 0.6 is 0 Å². The van der Waals surface area contributed by atoms with Crippen LogP contribution in [0.25, 0.3) is 0 Å². The largest absolute Gasteiger partial charge is 0.481 e. The molecule has 0 bridgehead atoms. The van der Waals surface area contributed by atoms with Crippen molar-refractivity contribution in [3.05, 3.63) is 0 Å². The van der Waals surface area contributed by atoms with Crippen molar-refractivity contribution >= 4 is 5.97 Å². The van der Waals surface area contributed by atoms with E-state index in [1.54, 1.807) is 0 Å². The van der Waals surface area contributed by atoms with Crippen molar-refractivity contribution in [3.63, 3.8) is 0 Å². The molecule has 12 heavy (non-hydrogen) atoms. The first kappa shape index (κ1) is 9.48. The molecule has 0 aromatic rings. The van der Waals surface area contributed by atoms with Gasteiger partial charge in [0.05, 0.1) is 0 Å². The van der Waals surface area contributed by atoms with Crippen LogP contribution in [0.5, 0.6) is 0 Å². The lowest BCUT2D eigenvalue weighted by Crippen LogP contribution is -2.45. The Labute approximate surface area is 71.7 Å². The van der Waals surface area contributed by atoms with E-state index in [2.05, 4.69) is 0 Å². The highest BCUT2D eigenvalue weighted by Gasteiger charge is 2.28. The molecule has 0 aromatic carbocycles. The van der Waals surface area contributed by atoms with Gasteiger partial charge in [0, 0.05) is 25.2 Å². The van der Waals surface area contributed by atoms with Crippen LogP contribution in [0.4, 0.5) is 0 Å². The number of rotatable bonds is 3. The van der Waals surface area contributed by atoms with Gasteiger partial charge in [-0.3, -0.25) is 4.79 Å². The molecule has 0 atom stereocenters. The lowest BCUT2D eigenvalue weighted by Gasteiger charge is -2.32. The Morgan fingerprint density at radius 1 is 1.50 bits per heavy atom. The third-order valence-corrected chi connectivity index (χ3v) is 2.33. The smallest absolute Gasteiger partial charge is 0.303 e. The molecule has 4 heteroatoms. The maximum atomic E-state index is 10.3. The second-order valence-corrected chi connectivity index (χ2v) is 3.37. The van der Waals surface area contributed by atoms with Crippen molar-refractivity contribution in [2.45, 2.75) is 31.2 Å². The van der Waals surface area contributed by atoms with Gasteiger partial charge in [0.2, 0.25) is 0 Å². The van der Waals surface area contributed by atoms with Crippen LogP contribution in [-0.4, -0.2) is 29.8 Å². The van der Waals surface area contributed by atoms with E-state index in [1.165, 1.54) is 0 Å². The summed E-state index contributed by atoms with van der Waals surface area (Å²) in [7, 11) is 0. The molecule has 0 saturated carbocycles. The lowest BCUT2D eigenvalue weighted by atomic mass is 9.87. The summed E-state index contributed by atoms with van der Waals surface area (Å²) in [6.07, 6.45) is 2.28. The normalized spacial score (nSPS) is 22.1. The maximum Gasteiger partial charge on any atom is 0.303 e. The molecule has 0 unspecified atom stereocenters. The van der Waals surface area contributed by atoms with Crippen LogP contribution in [0.1, 0.15) is 25.7 Å². The molecule has 0 radical (unpaired) electrons. The summed E-state index contributed by atoms with van der Waals surface area (Å²) in [6, 6.07) is 0. The predicted octanol–water partition coefficient (Wildman–Crippen LogP) is 0.359. The zero-order valence-corrected chi connectivity index (χ0v) is 7.08. The Morgan fingerprint density at radius 3 is 2.58 bits per heavy atom. The van der Waals surface area contributed by atoms with E-state index in [1.807, 2.05) is 0 Å². The topological polar surface area (TPSA) is 72.6 Å². The fraction of sp³-hybridized carbons (Fsp3) is 0.875. The summed E-state index contributed by atoms with van der Waals surface area (Å²) in [6.45, 7) is 1.33. The molecule has 0 amide bonds. The van der Waals surface area contributed by atoms with E-state index < -0.39 is 5.97 Å². The standard InChI is InChI=1S/C8H15NO3/c9-8(2-1-7(10)11)3-5-12-6-4-8/h1-6,9H2,(H,10,11). The molecule has 1 aliphatic rings. The molecular weight excluding hydrogens is 158 g/mol. The van der Waals surface area contributed by atoms with Crippen molar-refractivity contribution in [1.82, 2.24) is 0 Å². The summed E-state index contributed by atoms with van der Waals surface area (Å²) in [5.41, 5.74) is 5.67. The summed E-state index contributed by atoms with van der Waals surface area (Å²) in [4.78, 5) is 10.3. The zero-order valence-electron chi connectivity index (χ0n) is 7.08. The van der Waals surface area contributed by atoms with Gasteiger partial charge in [0.15, 0.2) is 0 Å². The third-order valence-electron chi connectivity index (χ3n) is 2.33. The Bertz CT molecular complexity index is 164. The first-order valence-electron chi connectivity index (χ1n) is 4.21. The molecule has 1 rings (SSSR count). The molecule has 3 N–H and O–H groups in total. The quantitative estimate of drug-likeness (QED) is 0.646. The Kier molecular flexibility index (Phi) is 3.05. The van der Waals surface area contributed by atoms with Gasteiger partial charge in [0.25, 0.3) is 0 Å². The predicted molar refractivity (Wildman–Crippen MR) is 43.8 cm³/mol. The summed E-state index contributed by atoms with van der Waals surface area (Å²) in [5.74, 6) is -0.772. The lowest BCUT2D eigenvalue weighted by molar-refractivity contribution is -0.137. The minimum Gasteiger partial charge on any atom is -0.481 e. The van der Waals surface area contributed by atoms with Crippen LogP contribution in [0, 0.1) is 0 Å². The molecule has 1 aliphatic heterocycles. The molecule has 1 heterocycles. The molecule has 1 fully saturated rings. The molecular formula is C8H15NO3. The summed E-state index contributed by atoms with van der Waals surface area (Å²) < 4.78 is 5.14. The number of carboxylic acid groups (broad SMARTS) is 1. The van der Waals surface area contributed by atoms with E-state index >= 15 is 0 Å². The fourth-order valence-corrected chi connectivity index (χ4v) is 1.38. The van der Waals surface area contributed by atoms with E-state index in [0.29, 0.717) is 19.6 Å². The first-order chi connectivity index (χ1) is 5.62. The number of ether oxygens (including phenoxy) is 1. The van der Waals surface area contributed by atoms with Gasteiger partial charge in [0.1, 0.15) is 0 Å². The highest BCUT2D eigenvalue weighted by Crippen LogP contribution is 2.22. The highest BCUT2D eigenvalue weighted by molar-refractivity contribution is 5.66. The Balaban J connectivity index is 2.31. The highest BCUT2D eigenvalue weighted by atomic mass is 16.5. The summed E-state index contributed by atoms with van der Waals surface area (Å²) >= 11 is 0. The molecule has 70 valence electrons. The first-order valence-corrected chi connectivity index (χ1v) is 4.21. The molecule has 0 aromatic heterocycles. The Morgan fingerprint density at radius 2 is 2.08 bits per heavy atom. The summed E-state index contributed by atoms with van der Waals surface area (Å²) in [5, 5.41) is 8.47. The fourth-order valence-electron chi connectivity index (χ4n) is 1.38. The van der Waals surface area contributed by atoms with Crippen LogP contribution in [0.15, 0.2) is 0 Å². The van der Waals surface area contributed by atoms with Crippen LogP contribution in [0.3, 0.4) is 0 Å². The van der Waals surface area contributed by atoms with Crippen LogP contribution in [0.2, 0.25) is 0 Å². The van der Waals surface area contributed by atoms with Gasteiger partial charge in [-0.1, -0.05) is 0 Å². The van der Waals surface area contributed by atoms with Crippen molar-refractivity contribution in [1.29, 1.82) is 0 Å². The molecule has 4 nitrogen and oxygen atoms in total. The number of carboxylic acids is 1. The average Bonchev–Trinajstić information content (AvgIpc) is 2.03. The van der Waals surface area contributed by atoms with Gasteiger partial charge in [-0.25, -0.2) is 0 Å². The van der Waals surface area contributed by atoms with E-state index in [4.69, 9.17) is 15.6 Å². The monoisotopic (exact) mass is 173 g/mol. The number of hydrogen-bond donors (Lipinski definition) is 2. The van der Waals surface area contributed by atoms with Crippen LogP contribution < -0.4 is 5.73 Å². The zero-order chi connectivity index (χ0) is 9.03. The minimum atomic E-state index is -0.772. The van der Waals surface area contributed by atoms with Crippen molar-refractivity contribution in [2.75, 3.05) is 13.2 Å². The molecule has 1 saturated heterocycles. The van der Waals surface area contributed by atoms with Gasteiger partial charge in [-0.05, 0) is 19.3 Å². The number of hydrogen-bond acceptors (Lipinski definition) is 3. The molecule has 0 spiro atoms. The minimum absolute atomic E-state index is 0.163. The molecule has 0 aliphatic carbocycles. The number of nitrogens with two attached hydrogens (primary N) is 1. The van der Waals surface area contributed by atoms with E-state index in [9.17, 15) is 4.79 Å². The second-order valence-electron chi connectivity index (χ2n) is 3.37. The van der Waals surface area contributed by atoms with Crippen LogP contribution in [-0.2, 0) is 9.53 Å². The average molecular weight is 173 g/mol. The van der Waals surface area contributed by atoms with Crippen molar-refractivity contribution < 1.29 is 14.6 Å².